The third kappa shape index (κ3) is 8.31. The molecular weight excluding hydrogens is 463 g/mol. The summed E-state index contributed by atoms with van der Waals surface area (Å²) in [4.78, 5) is 12.0. The second kappa shape index (κ2) is 12.1. The van der Waals surface area contributed by atoms with Crippen molar-refractivity contribution in [1.29, 1.82) is 0 Å². The summed E-state index contributed by atoms with van der Waals surface area (Å²) in [5.74, 6) is -0.632. The Morgan fingerprint density at radius 3 is 2.45 bits per heavy atom. The molecule has 0 aliphatic carbocycles. The van der Waals surface area contributed by atoms with Crippen LogP contribution in [0.3, 0.4) is 0 Å². The van der Waals surface area contributed by atoms with E-state index in [2.05, 4.69) is 5.32 Å². The quantitative estimate of drug-likeness (QED) is 0.399. The molecule has 1 amide bonds. The number of carbonyl (C=O) groups excluding carboxylic acids is 1. The molecule has 0 fully saturated rings. The molecule has 0 unspecified atom stereocenters. The molecule has 0 spiro atoms. The number of unbranched alkanes of at least 4 members (excludes halogenated alkanes) is 1. The average Bonchev–Trinajstić information content (AvgIpc) is 2.66. The van der Waals surface area contributed by atoms with Gasteiger partial charge in [-0.3, -0.25) is 4.79 Å². The van der Waals surface area contributed by atoms with Gasteiger partial charge in [-0.1, -0.05) is 46.4 Å². The normalized spacial score (nSPS) is 10.4. The van der Waals surface area contributed by atoms with E-state index < -0.39 is 5.82 Å². The van der Waals surface area contributed by atoms with Gasteiger partial charge in [-0.25, -0.2) is 4.39 Å². The molecule has 2 aromatic rings. The first-order valence-electron chi connectivity index (χ1n) is 8.66. The topological polar surface area (TPSA) is 47.6 Å². The first-order valence-corrected chi connectivity index (χ1v) is 10.2. The van der Waals surface area contributed by atoms with Gasteiger partial charge in [-0.2, -0.15) is 0 Å². The lowest BCUT2D eigenvalue weighted by atomic mass is 10.2. The van der Waals surface area contributed by atoms with Gasteiger partial charge in [0.2, 0.25) is 0 Å². The molecule has 0 bridgehead atoms. The van der Waals surface area contributed by atoms with Crippen LogP contribution >= 0.6 is 46.4 Å². The first-order chi connectivity index (χ1) is 13.9. The van der Waals surface area contributed by atoms with Crippen molar-refractivity contribution in [3.63, 3.8) is 0 Å². The highest BCUT2D eigenvalue weighted by Crippen LogP contribution is 2.32. The highest BCUT2D eigenvalue weighted by molar-refractivity contribution is 6.55. The smallest absolute Gasteiger partial charge is 0.251 e. The molecule has 4 nitrogen and oxygen atoms in total. The number of amides is 1. The van der Waals surface area contributed by atoms with E-state index in [0.717, 1.165) is 0 Å². The maximum atomic E-state index is 14.2. The van der Waals surface area contributed by atoms with Gasteiger partial charge in [-0.15, -0.1) is 0 Å². The van der Waals surface area contributed by atoms with Crippen LogP contribution in [0.1, 0.15) is 23.2 Å². The van der Waals surface area contributed by atoms with Gasteiger partial charge >= 0.3 is 0 Å². The van der Waals surface area contributed by atoms with Crippen LogP contribution in [0.4, 0.5) is 4.39 Å². The molecule has 0 atom stereocenters. The highest BCUT2D eigenvalue weighted by atomic mass is 35.5. The summed E-state index contributed by atoms with van der Waals surface area (Å²) in [7, 11) is 0. The third-order valence-corrected chi connectivity index (χ3v) is 4.51. The van der Waals surface area contributed by atoms with Gasteiger partial charge in [-0.05, 0) is 43.2 Å². The minimum Gasteiger partial charge on any atom is -0.489 e. The molecule has 0 radical (unpaired) electrons. The Hall–Kier alpha value is -1.66. The number of benzene rings is 2. The Balaban J connectivity index is 1.72. The van der Waals surface area contributed by atoms with Crippen molar-refractivity contribution in [3.8, 4) is 11.5 Å². The zero-order valence-corrected chi connectivity index (χ0v) is 18.2. The summed E-state index contributed by atoms with van der Waals surface area (Å²) in [5.41, 5.74) is 0.533. The Kier molecular flexibility index (Phi) is 9.88. The van der Waals surface area contributed by atoms with Gasteiger partial charge < -0.3 is 14.8 Å². The second-order valence-electron chi connectivity index (χ2n) is 5.84. The second-order valence-corrected chi connectivity index (χ2v) is 7.69. The van der Waals surface area contributed by atoms with E-state index in [1.807, 2.05) is 0 Å². The number of nitrogens with one attached hydrogen (secondary N) is 1. The van der Waals surface area contributed by atoms with Gasteiger partial charge in [0.25, 0.3) is 5.91 Å². The van der Waals surface area contributed by atoms with E-state index in [0.29, 0.717) is 30.0 Å². The van der Waals surface area contributed by atoms with Gasteiger partial charge in [0.1, 0.15) is 16.8 Å². The van der Waals surface area contributed by atoms with E-state index in [1.54, 1.807) is 24.3 Å². The van der Waals surface area contributed by atoms with Crippen molar-refractivity contribution in [2.24, 2.45) is 0 Å². The summed E-state index contributed by atoms with van der Waals surface area (Å²) >= 11 is 22.8. The molecule has 0 aliphatic heterocycles. The number of rotatable bonds is 10. The molecule has 1 N–H and O–H groups in total. The minimum atomic E-state index is -0.635. The summed E-state index contributed by atoms with van der Waals surface area (Å²) in [5, 5.41) is 3.46. The van der Waals surface area contributed by atoms with Crippen LogP contribution in [0.15, 0.2) is 47.0 Å². The van der Waals surface area contributed by atoms with Gasteiger partial charge in [0, 0.05) is 29.3 Å². The molecule has 2 aromatic carbocycles. The van der Waals surface area contributed by atoms with E-state index in [1.165, 1.54) is 18.2 Å². The van der Waals surface area contributed by atoms with Gasteiger partial charge in [0.15, 0.2) is 11.6 Å². The van der Waals surface area contributed by atoms with E-state index in [-0.39, 0.29) is 40.1 Å². The van der Waals surface area contributed by atoms with Crippen LogP contribution in [0, 0.1) is 5.82 Å². The summed E-state index contributed by atoms with van der Waals surface area (Å²) < 4.78 is 24.9. The van der Waals surface area contributed by atoms with E-state index in [9.17, 15) is 9.18 Å². The van der Waals surface area contributed by atoms with Crippen LogP contribution in [0.2, 0.25) is 10.0 Å². The molecule has 156 valence electrons. The maximum Gasteiger partial charge on any atom is 0.251 e. The van der Waals surface area contributed by atoms with E-state index in [4.69, 9.17) is 55.9 Å². The van der Waals surface area contributed by atoms with Crippen molar-refractivity contribution in [3.05, 3.63) is 68.4 Å². The molecular formula is C20H18Cl4FNO3. The van der Waals surface area contributed by atoms with Crippen LogP contribution < -0.4 is 14.8 Å². The number of ether oxygens (including phenoxy) is 2. The van der Waals surface area contributed by atoms with Crippen LogP contribution in [0.5, 0.6) is 11.5 Å². The highest BCUT2D eigenvalue weighted by Gasteiger charge is 2.12. The predicted molar refractivity (Wildman–Crippen MR) is 115 cm³/mol. The predicted octanol–water partition coefficient (Wildman–Crippen LogP) is 6.42. The van der Waals surface area contributed by atoms with Crippen molar-refractivity contribution < 1.29 is 18.7 Å². The minimum absolute atomic E-state index is 0.0462. The fourth-order valence-electron chi connectivity index (χ4n) is 2.27. The lowest BCUT2D eigenvalue weighted by Gasteiger charge is -2.11. The number of halogens is 5. The zero-order valence-electron chi connectivity index (χ0n) is 15.2. The third-order valence-electron chi connectivity index (χ3n) is 3.67. The monoisotopic (exact) mass is 479 g/mol. The summed E-state index contributed by atoms with van der Waals surface area (Å²) in [6, 6.07) is 9.23. The Labute approximate surface area is 188 Å². The first kappa shape index (κ1) is 23.6. The van der Waals surface area contributed by atoms with Crippen molar-refractivity contribution in [2.75, 3.05) is 19.8 Å². The fraction of sp³-hybridized carbons (Fsp3) is 0.250. The summed E-state index contributed by atoms with van der Waals surface area (Å²) in [6.45, 7) is 0.794. The summed E-state index contributed by atoms with van der Waals surface area (Å²) in [6.07, 6.45) is 2.68. The number of hydrogen-bond donors (Lipinski definition) is 1. The molecule has 0 saturated carbocycles. The molecule has 2 rings (SSSR count). The van der Waals surface area contributed by atoms with Crippen LogP contribution in [0.25, 0.3) is 0 Å². The average molecular weight is 481 g/mol. The van der Waals surface area contributed by atoms with Crippen molar-refractivity contribution in [2.45, 2.75) is 12.8 Å². The largest absolute Gasteiger partial charge is 0.489 e. The molecule has 29 heavy (non-hydrogen) atoms. The van der Waals surface area contributed by atoms with Crippen LogP contribution in [-0.4, -0.2) is 25.7 Å². The Bertz CT molecular complexity index is 832. The van der Waals surface area contributed by atoms with Crippen molar-refractivity contribution >= 4 is 52.3 Å². The Morgan fingerprint density at radius 2 is 1.79 bits per heavy atom. The molecule has 0 heterocycles. The SMILES string of the molecule is O=C(NCCCCOc1c(F)cc(OCC=C(Cl)Cl)cc1Cl)c1ccc(Cl)cc1. The lowest BCUT2D eigenvalue weighted by molar-refractivity contribution is 0.0952. The lowest BCUT2D eigenvalue weighted by Crippen LogP contribution is -2.24. The fourth-order valence-corrected chi connectivity index (χ4v) is 2.77. The van der Waals surface area contributed by atoms with Crippen LogP contribution in [-0.2, 0) is 0 Å². The molecule has 9 heteroatoms. The molecule has 0 saturated heterocycles. The zero-order chi connectivity index (χ0) is 21.2. The maximum absolute atomic E-state index is 14.2. The number of carbonyl (C=O) groups is 1. The molecule has 0 aromatic heterocycles. The standard InChI is InChI=1S/C20H18Cl4FNO3/c21-14-5-3-13(4-6-14)20(27)26-8-1-2-9-29-19-16(22)11-15(12-17(19)25)28-10-7-18(23)24/h3-7,11-12H,1-2,8-10H2,(H,26,27). The number of hydrogen-bond acceptors (Lipinski definition) is 3. The Morgan fingerprint density at radius 1 is 1.07 bits per heavy atom. The van der Waals surface area contributed by atoms with E-state index >= 15 is 0 Å². The van der Waals surface area contributed by atoms with Gasteiger partial charge in [0.05, 0.1) is 11.6 Å². The van der Waals surface area contributed by atoms with Crippen molar-refractivity contribution in [1.82, 2.24) is 5.32 Å². The molecule has 0 aliphatic rings.